The molecule has 12 nitrogen and oxygen atoms in total. The van der Waals surface area contributed by atoms with Gasteiger partial charge in [-0.25, -0.2) is 14.5 Å². The van der Waals surface area contributed by atoms with Crippen LogP contribution in [0.5, 0.6) is 11.5 Å². The zero-order chi connectivity index (χ0) is 28.7. The van der Waals surface area contributed by atoms with Crippen molar-refractivity contribution in [3.05, 3.63) is 92.3 Å². The van der Waals surface area contributed by atoms with Crippen molar-refractivity contribution in [1.82, 2.24) is 14.0 Å². The number of nitrogens with zero attached hydrogens (tertiary/aromatic N) is 4. The Hall–Kier alpha value is -4.84. The van der Waals surface area contributed by atoms with E-state index >= 15 is 0 Å². The molecule has 2 N–H and O–H groups in total. The molecular weight excluding hydrogens is 520 g/mol. The Morgan fingerprint density at radius 2 is 1.77 bits per heavy atom. The van der Waals surface area contributed by atoms with Gasteiger partial charge in [0, 0.05) is 32.9 Å². The van der Waals surface area contributed by atoms with E-state index in [4.69, 9.17) is 9.47 Å². The minimum atomic E-state index is -1.70. The van der Waals surface area contributed by atoms with E-state index in [0.29, 0.717) is 10.5 Å². The van der Waals surface area contributed by atoms with Gasteiger partial charge in [0.25, 0.3) is 11.5 Å². The van der Waals surface area contributed by atoms with Crippen LogP contribution in [0.4, 0.5) is 10.5 Å². The number of hydrogen-bond donors (Lipinski definition) is 2. The maximum absolute atomic E-state index is 13.8. The number of aryl methyl sites for hydroxylation is 1. The Balaban J connectivity index is 1.59. The zero-order valence-corrected chi connectivity index (χ0v) is 22.1. The summed E-state index contributed by atoms with van der Waals surface area (Å²) >= 11 is 0. The molecule has 0 radical (unpaired) electrons. The largest absolute Gasteiger partial charge is 0.493 e. The molecular formula is C28H28N4O8. The van der Waals surface area contributed by atoms with E-state index in [2.05, 4.69) is 0 Å². The second-order valence-corrected chi connectivity index (χ2v) is 9.59. The Kier molecular flexibility index (Phi) is 6.94. The van der Waals surface area contributed by atoms with E-state index in [1.165, 1.54) is 55.1 Å². The van der Waals surface area contributed by atoms with Crippen LogP contribution < -0.4 is 25.6 Å². The molecule has 0 bridgehead atoms. The standard InChI is InChI=1S/C28H28N4O8/c1-29-14-19(24(33)30(2)27(29)36)17-9-10-31-21(11-17)26(35)32(28(37)38)20-13-23(22(39-3)12-18(20)25(31)34)40-15-16-7-5-4-6-8-16/h4-8,11-14,21,26,35H,9-10,15H2,1-3H3,(H,37,38)/t21-,26?/m0/s1. The van der Waals surface area contributed by atoms with Crippen molar-refractivity contribution in [3.8, 4) is 11.5 Å². The predicted octanol–water partition coefficient (Wildman–Crippen LogP) is 1.79. The molecule has 1 unspecified atom stereocenters. The number of carbonyl (C=O) groups is 2. The Labute approximate surface area is 228 Å². The van der Waals surface area contributed by atoms with Crippen molar-refractivity contribution < 1.29 is 29.3 Å². The van der Waals surface area contributed by atoms with E-state index in [-0.39, 0.29) is 47.9 Å². The number of carbonyl (C=O) groups excluding carboxylic acids is 1. The first-order chi connectivity index (χ1) is 19.1. The predicted molar refractivity (Wildman–Crippen MR) is 145 cm³/mol. The number of hydrogen-bond acceptors (Lipinski definition) is 7. The van der Waals surface area contributed by atoms with E-state index in [1.807, 2.05) is 30.3 Å². The molecule has 0 fully saturated rings. The van der Waals surface area contributed by atoms with Crippen LogP contribution >= 0.6 is 0 Å². The Morgan fingerprint density at radius 3 is 2.45 bits per heavy atom. The van der Waals surface area contributed by atoms with Gasteiger partial charge in [0.1, 0.15) is 6.61 Å². The van der Waals surface area contributed by atoms with Gasteiger partial charge in [-0.15, -0.1) is 0 Å². The molecule has 3 heterocycles. The molecule has 2 aliphatic heterocycles. The van der Waals surface area contributed by atoms with Crippen molar-refractivity contribution in [3.63, 3.8) is 0 Å². The highest BCUT2D eigenvalue weighted by atomic mass is 16.5. The first kappa shape index (κ1) is 26.8. The highest BCUT2D eigenvalue weighted by Crippen LogP contribution is 2.41. The molecule has 0 saturated carbocycles. The fraction of sp³-hybridized carbons (Fsp3) is 0.286. The van der Waals surface area contributed by atoms with Crippen LogP contribution in [0.3, 0.4) is 0 Å². The van der Waals surface area contributed by atoms with Gasteiger partial charge in [-0.3, -0.25) is 14.2 Å². The monoisotopic (exact) mass is 548 g/mol. The number of ether oxygens (including phenoxy) is 2. The highest BCUT2D eigenvalue weighted by molar-refractivity contribution is 6.06. The van der Waals surface area contributed by atoms with Crippen LogP contribution in [0.25, 0.3) is 5.57 Å². The van der Waals surface area contributed by atoms with Crippen molar-refractivity contribution in [1.29, 1.82) is 0 Å². The van der Waals surface area contributed by atoms with Gasteiger partial charge in [-0.1, -0.05) is 36.4 Å². The number of benzene rings is 2. The van der Waals surface area contributed by atoms with E-state index < -0.39 is 35.5 Å². The molecule has 12 heteroatoms. The summed E-state index contributed by atoms with van der Waals surface area (Å²) in [5.74, 6) is -0.0937. The van der Waals surface area contributed by atoms with Crippen LogP contribution in [0, 0.1) is 0 Å². The summed E-state index contributed by atoms with van der Waals surface area (Å²) in [7, 11) is 4.29. The molecule has 2 atom stereocenters. The number of rotatable bonds is 5. The molecule has 0 saturated heterocycles. The van der Waals surface area contributed by atoms with Gasteiger partial charge < -0.3 is 29.2 Å². The maximum atomic E-state index is 13.8. The lowest BCUT2D eigenvalue weighted by molar-refractivity contribution is 0.0489. The van der Waals surface area contributed by atoms with E-state index in [1.54, 1.807) is 0 Å². The average Bonchev–Trinajstić information content (AvgIpc) is 3.04. The van der Waals surface area contributed by atoms with E-state index in [0.717, 1.165) is 10.1 Å². The number of fused-ring (bicyclic) bond motifs is 2. The zero-order valence-electron chi connectivity index (χ0n) is 22.1. The summed E-state index contributed by atoms with van der Waals surface area (Å²) in [6.07, 6.45) is -0.0210. The lowest BCUT2D eigenvalue weighted by atomic mass is 9.96. The van der Waals surface area contributed by atoms with Crippen molar-refractivity contribution >= 4 is 23.3 Å². The lowest BCUT2D eigenvalue weighted by Crippen LogP contribution is -2.53. The van der Waals surface area contributed by atoms with Gasteiger partial charge in [0.05, 0.1) is 30.0 Å². The van der Waals surface area contributed by atoms with Crippen LogP contribution in [0.15, 0.2) is 64.3 Å². The fourth-order valence-electron chi connectivity index (χ4n) is 5.10. The summed E-state index contributed by atoms with van der Waals surface area (Å²) in [4.78, 5) is 53.4. The van der Waals surface area contributed by atoms with Gasteiger partial charge >= 0.3 is 11.8 Å². The summed E-state index contributed by atoms with van der Waals surface area (Å²) in [5, 5.41) is 21.6. The topological polar surface area (TPSA) is 144 Å². The van der Waals surface area contributed by atoms with Gasteiger partial charge in [0.15, 0.2) is 17.7 Å². The lowest BCUT2D eigenvalue weighted by Gasteiger charge is -2.37. The highest BCUT2D eigenvalue weighted by Gasteiger charge is 2.43. The maximum Gasteiger partial charge on any atom is 0.414 e. The second-order valence-electron chi connectivity index (χ2n) is 9.59. The van der Waals surface area contributed by atoms with Crippen LogP contribution in [-0.2, 0) is 20.7 Å². The Morgan fingerprint density at radius 1 is 1.05 bits per heavy atom. The van der Waals surface area contributed by atoms with Gasteiger partial charge in [-0.2, -0.15) is 0 Å². The number of aliphatic hydroxyl groups is 1. The van der Waals surface area contributed by atoms with Crippen molar-refractivity contribution in [2.75, 3.05) is 18.6 Å². The molecule has 2 aliphatic rings. The average molecular weight is 549 g/mol. The van der Waals surface area contributed by atoms with Gasteiger partial charge in [0.2, 0.25) is 0 Å². The quantitative estimate of drug-likeness (QED) is 0.491. The smallest absolute Gasteiger partial charge is 0.414 e. The second kappa shape index (κ2) is 10.4. The third-order valence-corrected chi connectivity index (χ3v) is 7.19. The van der Waals surface area contributed by atoms with Crippen LogP contribution in [0.1, 0.15) is 27.9 Å². The fourth-order valence-corrected chi connectivity index (χ4v) is 5.10. The molecule has 0 aliphatic carbocycles. The Bertz CT molecular complexity index is 1640. The first-order valence-electron chi connectivity index (χ1n) is 12.5. The number of methoxy groups -OCH3 is 1. The summed E-state index contributed by atoms with van der Waals surface area (Å²) < 4.78 is 13.6. The van der Waals surface area contributed by atoms with Crippen LogP contribution in [-0.4, -0.2) is 62.2 Å². The number of anilines is 1. The number of aromatic nitrogens is 2. The number of carboxylic acid groups (broad SMARTS) is 1. The third-order valence-electron chi connectivity index (χ3n) is 7.19. The first-order valence-corrected chi connectivity index (χ1v) is 12.5. The molecule has 40 heavy (non-hydrogen) atoms. The van der Waals surface area contributed by atoms with Gasteiger partial charge in [-0.05, 0) is 23.6 Å². The van der Waals surface area contributed by atoms with Crippen molar-refractivity contribution in [2.24, 2.45) is 14.1 Å². The minimum Gasteiger partial charge on any atom is -0.493 e. The SMILES string of the molecule is COc1cc2c(cc1OCc1ccccc1)N(C(=O)O)C(O)[C@@H]1C=C(c3cn(C)c(=O)n(C)c3=O)CCN1C2=O. The molecule has 1 aromatic heterocycles. The molecule has 0 spiro atoms. The summed E-state index contributed by atoms with van der Waals surface area (Å²) in [6, 6.07) is 11.0. The molecule has 2 aromatic carbocycles. The minimum absolute atomic E-state index is 0.0164. The third kappa shape index (κ3) is 4.51. The summed E-state index contributed by atoms with van der Waals surface area (Å²) in [6.45, 7) is 0.259. The number of amides is 2. The normalized spacial score (nSPS) is 18.4. The number of aliphatic hydroxyl groups excluding tert-OH is 1. The molecule has 2 amide bonds. The van der Waals surface area contributed by atoms with E-state index in [9.17, 15) is 29.4 Å². The molecule has 5 rings (SSSR count). The van der Waals surface area contributed by atoms with Crippen LogP contribution in [0.2, 0.25) is 0 Å². The molecule has 208 valence electrons. The van der Waals surface area contributed by atoms with Crippen molar-refractivity contribution in [2.45, 2.75) is 25.3 Å². The summed E-state index contributed by atoms with van der Waals surface area (Å²) in [5.41, 5.74) is 0.517. The molecule has 3 aromatic rings.